The molecule has 118 valence electrons. The quantitative estimate of drug-likeness (QED) is 0.877. The van der Waals surface area contributed by atoms with Gasteiger partial charge in [0, 0.05) is 18.2 Å². The second-order valence-electron chi connectivity index (χ2n) is 5.75. The Kier molecular flexibility index (Phi) is 5.27. The minimum absolute atomic E-state index is 0.121. The van der Waals surface area contributed by atoms with Gasteiger partial charge in [-0.25, -0.2) is 8.42 Å². The Balaban J connectivity index is 2.12. The normalized spacial score (nSPS) is 22.1. The number of hydrogen-bond donors (Lipinski definition) is 1. The minimum Gasteiger partial charge on any atom is -0.496 e. The smallest absolute Gasteiger partial charge is 0.154 e. The van der Waals surface area contributed by atoms with Crippen molar-refractivity contribution < 1.29 is 13.2 Å². The predicted octanol–water partition coefficient (Wildman–Crippen LogP) is 2.62. The number of aryl methyl sites for hydroxylation is 1. The highest BCUT2D eigenvalue weighted by atomic mass is 32.2. The molecule has 21 heavy (non-hydrogen) atoms. The minimum atomic E-state index is -2.89. The maximum Gasteiger partial charge on any atom is 0.154 e. The molecule has 1 aromatic carbocycles. The number of nitrogens with one attached hydrogen (secondary N) is 1. The summed E-state index contributed by atoms with van der Waals surface area (Å²) in [7, 11) is -1.22. The summed E-state index contributed by atoms with van der Waals surface area (Å²) >= 11 is 0. The van der Waals surface area contributed by atoms with Crippen LogP contribution >= 0.6 is 0 Å². The topological polar surface area (TPSA) is 55.4 Å². The first-order valence-electron chi connectivity index (χ1n) is 7.57. The molecule has 4 nitrogen and oxygen atoms in total. The molecule has 1 aliphatic rings. The van der Waals surface area contributed by atoms with Crippen molar-refractivity contribution in [3.63, 3.8) is 0 Å². The molecule has 1 aromatic rings. The fourth-order valence-corrected chi connectivity index (χ4v) is 4.74. The van der Waals surface area contributed by atoms with Gasteiger partial charge in [-0.2, -0.15) is 0 Å². The summed E-state index contributed by atoms with van der Waals surface area (Å²) in [6.07, 6.45) is 2.46. The molecule has 1 fully saturated rings. The number of sulfone groups is 1. The van der Waals surface area contributed by atoms with Gasteiger partial charge in [-0.15, -0.1) is 0 Å². The molecule has 0 spiro atoms. The lowest BCUT2D eigenvalue weighted by molar-refractivity contribution is 0.396. The number of hydrogen-bond acceptors (Lipinski definition) is 4. The maximum atomic E-state index is 11.9. The summed E-state index contributed by atoms with van der Waals surface area (Å²) < 4.78 is 29.3. The zero-order valence-corrected chi connectivity index (χ0v) is 13.9. The van der Waals surface area contributed by atoms with Gasteiger partial charge in [0.2, 0.25) is 0 Å². The van der Waals surface area contributed by atoms with Crippen molar-refractivity contribution in [2.24, 2.45) is 0 Å². The summed E-state index contributed by atoms with van der Waals surface area (Å²) in [5, 5.41) is 3.19. The SMILES string of the molecule is CC[C@H](NC[C@@H]1CCCS1(=O)=O)c1cc(C)ccc1OC. The lowest BCUT2D eigenvalue weighted by Crippen LogP contribution is -2.33. The molecule has 1 aliphatic heterocycles. The van der Waals surface area contributed by atoms with Crippen LogP contribution in [0, 0.1) is 6.92 Å². The number of ether oxygens (including phenoxy) is 1. The lowest BCUT2D eigenvalue weighted by atomic mass is 10.0. The maximum absolute atomic E-state index is 11.9. The van der Waals surface area contributed by atoms with E-state index in [1.165, 1.54) is 5.56 Å². The van der Waals surface area contributed by atoms with E-state index in [2.05, 4.69) is 25.2 Å². The van der Waals surface area contributed by atoms with Gasteiger partial charge in [-0.05, 0) is 32.3 Å². The first-order valence-corrected chi connectivity index (χ1v) is 9.29. The molecule has 1 N–H and O–H groups in total. The molecule has 0 amide bonds. The zero-order chi connectivity index (χ0) is 15.5. The molecule has 2 rings (SSSR count). The van der Waals surface area contributed by atoms with Crippen molar-refractivity contribution in [2.45, 2.75) is 44.4 Å². The van der Waals surface area contributed by atoms with Crippen LogP contribution in [0.4, 0.5) is 0 Å². The molecule has 0 unspecified atom stereocenters. The van der Waals surface area contributed by atoms with Crippen molar-refractivity contribution in [2.75, 3.05) is 19.4 Å². The van der Waals surface area contributed by atoms with E-state index in [1.54, 1.807) is 7.11 Å². The molecular formula is C16H25NO3S. The molecule has 0 radical (unpaired) electrons. The highest BCUT2D eigenvalue weighted by molar-refractivity contribution is 7.92. The van der Waals surface area contributed by atoms with Crippen molar-refractivity contribution in [3.05, 3.63) is 29.3 Å². The van der Waals surface area contributed by atoms with Gasteiger partial charge in [0.05, 0.1) is 18.1 Å². The fraction of sp³-hybridized carbons (Fsp3) is 0.625. The predicted molar refractivity (Wildman–Crippen MR) is 85.6 cm³/mol. The lowest BCUT2D eigenvalue weighted by Gasteiger charge is -2.22. The number of rotatable bonds is 6. The largest absolute Gasteiger partial charge is 0.496 e. The molecule has 2 atom stereocenters. The second-order valence-corrected chi connectivity index (χ2v) is 8.15. The van der Waals surface area contributed by atoms with E-state index >= 15 is 0 Å². The Hall–Kier alpha value is -1.07. The molecule has 0 bridgehead atoms. The number of benzene rings is 1. The third-order valence-corrected chi connectivity index (χ3v) is 6.50. The first-order chi connectivity index (χ1) is 9.97. The van der Waals surface area contributed by atoms with E-state index < -0.39 is 9.84 Å². The Bertz CT molecular complexity index is 583. The highest BCUT2D eigenvalue weighted by Crippen LogP contribution is 2.29. The average Bonchev–Trinajstić information content (AvgIpc) is 2.79. The van der Waals surface area contributed by atoms with Crippen LogP contribution in [0.25, 0.3) is 0 Å². The van der Waals surface area contributed by atoms with Gasteiger partial charge in [0.1, 0.15) is 5.75 Å². The van der Waals surface area contributed by atoms with Gasteiger partial charge in [0.15, 0.2) is 9.84 Å². The molecule has 1 saturated heterocycles. The third-order valence-electron chi connectivity index (χ3n) is 4.22. The van der Waals surface area contributed by atoms with Crippen LogP contribution in [-0.2, 0) is 9.84 Å². The zero-order valence-electron chi connectivity index (χ0n) is 13.1. The van der Waals surface area contributed by atoms with E-state index in [0.717, 1.165) is 30.6 Å². The van der Waals surface area contributed by atoms with Gasteiger partial charge in [0.25, 0.3) is 0 Å². The molecule has 0 aromatic heterocycles. The second kappa shape index (κ2) is 6.79. The Morgan fingerprint density at radius 3 is 2.76 bits per heavy atom. The van der Waals surface area contributed by atoms with Crippen LogP contribution < -0.4 is 10.1 Å². The molecule has 1 heterocycles. The molecule has 0 aliphatic carbocycles. The van der Waals surface area contributed by atoms with Gasteiger partial charge >= 0.3 is 0 Å². The molecule has 5 heteroatoms. The van der Waals surface area contributed by atoms with Crippen LogP contribution in [-0.4, -0.2) is 33.1 Å². The van der Waals surface area contributed by atoms with Crippen LogP contribution in [0.2, 0.25) is 0 Å². The van der Waals surface area contributed by atoms with E-state index in [-0.39, 0.29) is 11.3 Å². The fourth-order valence-electron chi connectivity index (χ4n) is 2.96. The monoisotopic (exact) mass is 311 g/mol. The van der Waals surface area contributed by atoms with Crippen molar-refractivity contribution in [1.82, 2.24) is 5.32 Å². The highest BCUT2D eigenvalue weighted by Gasteiger charge is 2.31. The summed E-state index contributed by atoms with van der Waals surface area (Å²) in [4.78, 5) is 0. The van der Waals surface area contributed by atoms with E-state index in [9.17, 15) is 8.42 Å². The molecule has 0 saturated carbocycles. The van der Waals surface area contributed by atoms with Gasteiger partial charge in [-0.1, -0.05) is 24.6 Å². The van der Waals surface area contributed by atoms with Gasteiger partial charge in [-0.3, -0.25) is 0 Å². The summed E-state index contributed by atoms with van der Waals surface area (Å²) in [6, 6.07) is 6.23. The third kappa shape index (κ3) is 3.77. The standard InChI is InChI=1S/C16H25NO3S/c1-4-15(14-10-12(2)7-8-16(14)20-3)17-11-13-6-5-9-21(13,18)19/h7-8,10,13,15,17H,4-6,9,11H2,1-3H3/t13-,15-/m0/s1. The average molecular weight is 311 g/mol. The van der Waals surface area contributed by atoms with Gasteiger partial charge < -0.3 is 10.1 Å². The van der Waals surface area contributed by atoms with E-state index in [1.807, 2.05) is 12.1 Å². The summed E-state index contributed by atoms with van der Waals surface area (Å²) in [6.45, 7) is 4.68. The van der Waals surface area contributed by atoms with Crippen LogP contribution in [0.3, 0.4) is 0 Å². The van der Waals surface area contributed by atoms with Crippen LogP contribution in [0.5, 0.6) is 5.75 Å². The van der Waals surface area contributed by atoms with Crippen molar-refractivity contribution in [3.8, 4) is 5.75 Å². The Morgan fingerprint density at radius 2 is 2.19 bits per heavy atom. The summed E-state index contributed by atoms with van der Waals surface area (Å²) in [5.74, 6) is 1.19. The van der Waals surface area contributed by atoms with E-state index in [4.69, 9.17) is 4.74 Å². The van der Waals surface area contributed by atoms with Crippen LogP contribution in [0.15, 0.2) is 18.2 Å². The Morgan fingerprint density at radius 1 is 1.43 bits per heavy atom. The summed E-state index contributed by atoms with van der Waals surface area (Å²) in [5.41, 5.74) is 2.29. The van der Waals surface area contributed by atoms with Crippen LogP contribution in [0.1, 0.15) is 43.4 Å². The van der Waals surface area contributed by atoms with Crippen molar-refractivity contribution >= 4 is 9.84 Å². The Labute approximate surface area is 127 Å². The molecular weight excluding hydrogens is 286 g/mol. The first kappa shape index (κ1) is 16.3. The van der Waals surface area contributed by atoms with E-state index in [0.29, 0.717) is 12.3 Å². The van der Waals surface area contributed by atoms with Crippen molar-refractivity contribution in [1.29, 1.82) is 0 Å². The number of methoxy groups -OCH3 is 1.